The van der Waals surface area contributed by atoms with Crippen LogP contribution in [0.4, 0.5) is 10.2 Å². The number of halogens is 1. The molecule has 2 rings (SSSR count). The van der Waals surface area contributed by atoms with Crippen LogP contribution in [-0.4, -0.2) is 24.6 Å². The van der Waals surface area contributed by atoms with E-state index < -0.39 is 0 Å². The molecule has 4 heteroatoms. The zero-order valence-corrected chi connectivity index (χ0v) is 12.9. The molecule has 1 aliphatic rings. The number of hydrogen-bond donors (Lipinski definition) is 1. The van der Waals surface area contributed by atoms with E-state index in [1.54, 1.807) is 6.07 Å². The summed E-state index contributed by atoms with van der Waals surface area (Å²) in [5.74, 6) is 0.695. The quantitative estimate of drug-likeness (QED) is 0.838. The molecule has 1 aromatic rings. The van der Waals surface area contributed by atoms with Gasteiger partial charge in [0.15, 0.2) is 0 Å². The molecule has 0 atom stereocenters. The molecule has 0 bridgehead atoms. The van der Waals surface area contributed by atoms with Crippen molar-refractivity contribution in [2.45, 2.75) is 46.6 Å². The van der Waals surface area contributed by atoms with E-state index in [1.165, 1.54) is 19.0 Å². The van der Waals surface area contributed by atoms with Gasteiger partial charge in [0.25, 0.3) is 0 Å². The van der Waals surface area contributed by atoms with Crippen molar-refractivity contribution in [2.75, 3.05) is 24.5 Å². The first kappa shape index (κ1) is 15.2. The maximum atomic E-state index is 13.5. The fourth-order valence-corrected chi connectivity index (χ4v) is 2.89. The number of anilines is 1. The van der Waals surface area contributed by atoms with Crippen LogP contribution in [0.15, 0.2) is 12.3 Å². The topological polar surface area (TPSA) is 28.2 Å². The van der Waals surface area contributed by atoms with Crippen molar-refractivity contribution < 1.29 is 4.39 Å². The van der Waals surface area contributed by atoms with Gasteiger partial charge in [-0.3, -0.25) is 0 Å². The van der Waals surface area contributed by atoms with Gasteiger partial charge >= 0.3 is 0 Å². The zero-order valence-electron chi connectivity index (χ0n) is 12.9. The number of rotatable bonds is 5. The molecular formula is C16H26FN3. The van der Waals surface area contributed by atoms with Crippen molar-refractivity contribution >= 4 is 5.82 Å². The summed E-state index contributed by atoms with van der Waals surface area (Å²) in [7, 11) is 0. The number of nitrogens with one attached hydrogen (secondary N) is 1. The number of hydrogen-bond acceptors (Lipinski definition) is 3. The van der Waals surface area contributed by atoms with Crippen LogP contribution in [0.25, 0.3) is 0 Å². The maximum absolute atomic E-state index is 13.5. The van der Waals surface area contributed by atoms with E-state index in [9.17, 15) is 4.39 Å². The predicted octanol–water partition coefficient (Wildman–Crippen LogP) is 3.35. The minimum Gasteiger partial charge on any atom is -0.356 e. The Morgan fingerprint density at radius 3 is 2.95 bits per heavy atom. The fourth-order valence-electron chi connectivity index (χ4n) is 2.89. The molecule has 0 aromatic carbocycles. The second-order valence-corrected chi connectivity index (χ2v) is 6.50. The standard InChI is InChI=1S/C16H26FN3/c1-4-7-18-10-13-9-14(17)11-19-15(13)20-8-5-6-16(2,3)12-20/h9,11,18H,4-8,10,12H2,1-3H3. The average Bonchev–Trinajstić information content (AvgIpc) is 2.38. The van der Waals surface area contributed by atoms with Crippen LogP contribution >= 0.6 is 0 Å². The molecule has 0 spiro atoms. The molecule has 3 nitrogen and oxygen atoms in total. The van der Waals surface area contributed by atoms with Crippen molar-refractivity contribution in [1.82, 2.24) is 10.3 Å². The molecule has 0 amide bonds. The molecule has 1 aliphatic heterocycles. The molecule has 0 radical (unpaired) electrons. The minimum absolute atomic E-state index is 0.252. The summed E-state index contributed by atoms with van der Waals surface area (Å²) in [5, 5.41) is 3.35. The van der Waals surface area contributed by atoms with E-state index >= 15 is 0 Å². The lowest BCUT2D eigenvalue weighted by molar-refractivity contribution is 0.291. The highest BCUT2D eigenvalue weighted by molar-refractivity contribution is 5.47. The highest BCUT2D eigenvalue weighted by Gasteiger charge is 2.28. The Morgan fingerprint density at radius 2 is 2.25 bits per heavy atom. The molecule has 1 saturated heterocycles. The first-order valence-corrected chi connectivity index (χ1v) is 7.62. The van der Waals surface area contributed by atoms with Crippen LogP contribution in [0.2, 0.25) is 0 Å². The molecule has 1 N–H and O–H groups in total. The summed E-state index contributed by atoms with van der Waals surface area (Å²) in [6.07, 6.45) is 4.83. The van der Waals surface area contributed by atoms with Gasteiger partial charge in [-0.1, -0.05) is 20.8 Å². The van der Waals surface area contributed by atoms with E-state index in [0.717, 1.165) is 37.4 Å². The monoisotopic (exact) mass is 279 g/mol. The third-order valence-electron chi connectivity index (χ3n) is 3.85. The summed E-state index contributed by atoms with van der Waals surface area (Å²) < 4.78 is 13.5. The van der Waals surface area contributed by atoms with Gasteiger partial charge in [0.1, 0.15) is 11.6 Å². The van der Waals surface area contributed by atoms with Crippen LogP contribution in [0.5, 0.6) is 0 Å². The minimum atomic E-state index is -0.252. The summed E-state index contributed by atoms with van der Waals surface area (Å²) in [4.78, 5) is 6.67. The Kier molecular flexibility index (Phi) is 4.97. The second-order valence-electron chi connectivity index (χ2n) is 6.50. The van der Waals surface area contributed by atoms with Crippen molar-refractivity contribution in [1.29, 1.82) is 0 Å². The third-order valence-corrected chi connectivity index (χ3v) is 3.85. The summed E-state index contributed by atoms with van der Waals surface area (Å²) in [5.41, 5.74) is 1.28. The van der Waals surface area contributed by atoms with Crippen molar-refractivity contribution in [3.63, 3.8) is 0 Å². The molecule has 1 aromatic heterocycles. The number of piperidine rings is 1. The Balaban J connectivity index is 2.17. The van der Waals surface area contributed by atoms with Gasteiger partial charge in [-0.2, -0.15) is 0 Å². The second kappa shape index (κ2) is 6.53. The maximum Gasteiger partial charge on any atom is 0.141 e. The number of nitrogens with zero attached hydrogens (tertiary/aromatic N) is 2. The van der Waals surface area contributed by atoms with Crippen molar-refractivity contribution in [2.24, 2.45) is 5.41 Å². The zero-order chi connectivity index (χ0) is 14.6. The van der Waals surface area contributed by atoms with E-state index in [0.29, 0.717) is 12.0 Å². The van der Waals surface area contributed by atoms with Crippen LogP contribution < -0.4 is 10.2 Å². The lowest BCUT2D eigenvalue weighted by Crippen LogP contribution is -2.41. The first-order valence-electron chi connectivity index (χ1n) is 7.62. The molecule has 0 saturated carbocycles. The SMILES string of the molecule is CCCNCc1cc(F)cnc1N1CCCC(C)(C)C1. The van der Waals surface area contributed by atoms with Crippen molar-refractivity contribution in [3.8, 4) is 0 Å². The van der Waals surface area contributed by atoms with Gasteiger partial charge in [0.2, 0.25) is 0 Å². The first-order chi connectivity index (χ1) is 9.52. The molecule has 1 fully saturated rings. The average molecular weight is 279 g/mol. The third kappa shape index (κ3) is 3.92. The van der Waals surface area contributed by atoms with Gasteiger partial charge in [0, 0.05) is 25.2 Å². The summed E-state index contributed by atoms with van der Waals surface area (Å²) >= 11 is 0. The van der Waals surface area contributed by atoms with Gasteiger partial charge < -0.3 is 10.2 Å². The van der Waals surface area contributed by atoms with E-state index in [-0.39, 0.29) is 5.82 Å². The van der Waals surface area contributed by atoms with Crippen LogP contribution in [0, 0.1) is 11.2 Å². The smallest absolute Gasteiger partial charge is 0.141 e. The molecule has 0 unspecified atom stereocenters. The Morgan fingerprint density at radius 1 is 1.45 bits per heavy atom. The predicted molar refractivity (Wildman–Crippen MR) is 81.4 cm³/mol. The van der Waals surface area contributed by atoms with Gasteiger partial charge in [-0.25, -0.2) is 9.37 Å². The largest absolute Gasteiger partial charge is 0.356 e. The van der Waals surface area contributed by atoms with Crippen LogP contribution in [0.3, 0.4) is 0 Å². The number of pyridine rings is 1. The lowest BCUT2D eigenvalue weighted by Gasteiger charge is -2.39. The Hall–Kier alpha value is -1.16. The number of aromatic nitrogens is 1. The van der Waals surface area contributed by atoms with E-state index in [2.05, 4.69) is 36.0 Å². The van der Waals surface area contributed by atoms with Crippen molar-refractivity contribution in [3.05, 3.63) is 23.6 Å². The fraction of sp³-hybridized carbons (Fsp3) is 0.688. The summed E-state index contributed by atoms with van der Waals surface area (Å²) in [6, 6.07) is 1.62. The van der Waals surface area contributed by atoms with Crippen LogP contribution in [0.1, 0.15) is 45.6 Å². The molecule has 112 valence electrons. The van der Waals surface area contributed by atoms with Gasteiger partial charge in [0.05, 0.1) is 6.20 Å². The molecule has 0 aliphatic carbocycles. The molecule has 2 heterocycles. The summed E-state index contributed by atoms with van der Waals surface area (Å²) in [6.45, 7) is 10.3. The van der Waals surface area contributed by atoms with Crippen LogP contribution in [-0.2, 0) is 6.54 Å². The Bertz CT molecular complexity index is 445. The highest BCUT2D eigenvalue weighted by atomic mass is 19.1. The van der Waals surface area contributed by atoms with E-state index in [4.69, 9.17) is 0 Å². The molecular weight excluding hydrogens is 253 g/mol. The lowest BCUT2D eigenvalue weighted by atomic mass is 9.84. The van der Waals surface area contributed by atoms with E-state index in [1.807, 2.05) is 0 Å². The van der Waals surface area contributed by atoms with Gasteiger partial charge in [-0.15, -0.1) is 0 Å². The molecule has 20 heavy (non-hydrogen) atoms. The Labute approximate surface area is 121 Å². The normalized spacial score (nSPS) is 18.3. The highest BCUT2D eigenvalue weighted by Crippen LogP contribution is 2.32. The van der Waals surface area contributed by atoms with Gasteiger partial charge in [-0.05, 0) is 37.3 Å².